The van der Waals surface area contributed by atoms with Crippen LogP contribution < -0.4 is 0 Å². The first-order chi connectivity index (χ1) is 5.81. The van der Waals surface area contributed by atoms with Crippen LogP contribution in [-0.2, 0) is 6.54 Å². The van der Waals surface area contributed by atoms with Crippen molar-refractivity contribution in [3.8, 4) is 0 Å². The Hall–Kier alpha value is -1.05. The first-order valence-electron chi connectivity index (χ1n) is 4.45. The predicted molar refractivity (Wildman–Crippen MR) is 49.8 cm³/mol. The molecule has 0 unspecified atom stereocenters. The van der Waals surface area contributed by atoms with Crippen LogP contribution in [0.4, 0.5) is 0 Å². The number of rotatable bonds is 3. The number of aryl methyl sites for hydroxylation is 1. The lowest BCUT2D eigenvalue weighted by Crippen LogP contribution is -2.00. The summed E-state index contributed by atoms with van der Waals surface area (Å²) in [5, 5.41) is 0. The van der Waals surface area contributed by atoms with Gasteiger partial charge in [-0.15, -0.1) is 0 Å². The molecular formula is C10H14N2. The van der Waals surface area contributed by atoms with Gasteiger partial charge < -0.3 is 4.57 Å². The summed E-state index contributed by atoms with van der Waals surface area (Å²) in [4.78, 5) is 4.26. The van der Waals surface area contributed by atoms with Crippen molar-refractivity contribution in [3.05, 3.63) is 24.3 Å². The highest BCUT2D eigenvalue weighted by atomic mass is 15.1. The van der Waals surface area contributed by atoms with Gasteiger partial charge in [-0.2, -0.15) is 0 Å². The molecular weight excluding hydrogens is 148 g/mol. The number of imidazole rings is 1. The second kappa shape index (κ2) is 2.77. The molecule has 1 aromatic rings. The monoisotopic (exact) mass is 162 g/mol. The lowest BCUT2D eigenvalue weighted by molar-refractivity contribution is 0.622. The van der Waals surface area contributed by atoms with Crippen LogP contribution in [-0.4, -0.2) is 9.55 Å². The van der Waals surface area contributed by atoms with Gasteiger partial charge in [-0.25, -0.2) is 4.98 Å². The van der Waals surface area contributed by atoms with Gasteiger partial charge >= 0.3 is 0 Å². The van der Waals surface area contributed by atoms with Crippen molar-refractivity contribution in [3.63, 3.8) is 0 Å². The molecule has 0 bridgehead atoms. The number of aromatic nitrogens is 2. The molecule has 12 heavy (non-hydrogen) atoms. The molecule has 0 aromatic carbocycles. The zero-order valence-electron chi connectivity index (χ0n) is 7.45. The fourth-order valence-corrected chi connectivity index (χ4v) is 1.48. The van der Waals surface area contributed by atoms with Crippen LogP contribution in [0.15, 0.2) is 12.9 Å². The predicted octanol–water partition coefficient (Wildman–Crippen LogP) is 2.24. The van der Waals surface area contributed by atoms with Crippen molar-refractivity contribution in [2.24, 2.45) is 5.92 Å². The van der Waals surface area contributed by atoms with E-state index in [0.717, 1.165) is 18.2 Å². The first kappa shape index (κ1) is 7.59. The van der Waals surface area contributed by atoms with Crippen LogP contribution in [0, 0.1) is 12.8 Å². The molecule has 2 rings (SSSR count). The van der Waals surface area contributed by atoms with E-state index in [1.54, 1.807) is 0 Å². The van der Waals surface area contributed by atoms with Gasteiger partial charge in [0.2, 0.25) is 0 Å². The quantitative estimate of drug-likeness (QED) is 0.666. The van der Waals surface area contributed by atoms with Crippen LogP contribution in [0.2, 0.25) is 0 Å². The van der Waals surface area contributed by atoms with E-state index in [1.165, 1.54) is 18.5 Å². The van der Waals surface area contributed by atoms with Crippen molar-refractivity contribution in [2.75, 3.05) is 0 Å². The van der Waals surface area contributed by atoms with Crippen molar-refractivity contribution in [2.45, 2.75) is 26.3 Å². The van der Waals surface area contributed by atoms with E-state index in [1.807, 2.05) is 19.3 Å². The van der Waals surface area contributed by atoms with Crippen molar-refractivity contribution < 1.29 is 0 Å². The van der Waals surface area contributed by atoms with Crippen LogP contribution in [0.25, 0.3) is 6.08 Å². The van der Waals surface area contributed by atoms with Gasteiger partial charge in [-0.1, -0.05) is 6.58 Å². The molecule has 0 saturated heterocycles. The van der Waals surface area contributed by atoms with Crippen LogP contribution in [0.5, 0.6) is 0 Å². The van der Waals surface area contributed by atoms with Crippen molar-refractivity contribution >= 4 is 6.08 Å². The molecule has 1 saturated carbocycles. The zero-order valence-corrected chi connectivity index (χ0v) is 7.45. The molecule has 0 aliphatic heterocycles. The smallest absolute Gasteiger partial charge is 0.0954 e. The second-order valence-corrected chi connectivity index (χ2v) is 3.52. The molecule has 0 spiro atoms. The number of nitrogens with zero attached hydrogens (tertiary/aromatic N) is 2. The molecule has 0 amide bonds. The average molecular weight is 162 g/mol. The number of hydrogen-bond acceptors (Lipinski definition) is 1. The zero-order chi connectivity index (χ0) is 8.55. The molecule has 1 fully saturated rings. The topological polar surface area (TPSA) is 17.8 Å². The summed E-state index contributed by atoms with van der Waals surface area (Å²) in [6.45, 7) is 6.95. The third kappa shape index (κ3) is 1.29. The molecule has 1 aliphatic carbocycles. The lowest BCUT2D eigenvalue weighted by atomic mass is 10.3. The summed E-state index contributed by atoms with van der Waals surface area (Å²) in [6, 6.07) is 0. The largest absolute Gasteiger partial charge is 0.331 e. The standard InChI is InChI=1S/C10H14N2/c1-3-10-8(2)11-7-12(10)6-9-4-5-9/h3,7,9H,1,4-6H2,2H3. The number of hydrogen-bond donors (Lipinski definition) is 0. The molecule has 64 valence electrons. The maximum absolute atomic E-state index is 4.26. The lowest BCUT2D eigenvalue weighted by Gasteiger charge is -2.02. The van der Waals surface area contributed by atoms with E-state index in [-0.39, 0.29) is 0 Å². The normalized spacial score (nSPS) is 16.4. The van der Waals surface area contributed by atoms with E-state index in [4.69, 9.17) is 0 Å². The minimum atomic E-state index is 0.900. The maximum atomic E-state index is 4.26. The van der Waals surface area contributed by atoms with Gasteiger partial charge in [0.05, 0.1) is 17.7 Å². The summed E-state index contributed by atoms with van der Waals surface area (Å²) >= 11 is 0. The summed E-state index contributed by atoms with van der Waals surface area (Å²) in [5.41, 5.74) is 2.27. The molecule has 0 radical (unpaired) electrons. The fraction of sp³-hybridized carbons (Fsp3) is 0.500. The Morgan fingerprint density at radius 1 is 1.75 bits per heavy atom. The SMILES string of the molecule is C=Cc1c(C)ncn1CC1CC1. The van der Waals surface area contributed by atoms with Gasteiger partial charge in [-0.05, 0) is 31.8 Å². The summed E-state index contributed by atoms with van der Waals surface area (Å²) in [7, 11) is 0. The third-order valence-corrected chi connectivity index (χ3v) is 2.42. The van der Waals surface area contributed by atoms with Gasteiger partial charge in [-0.3, -0.25) is 0 Å². The highest BCUT2D eigenvalue weighted by Crippen LogP contribution is 2.31. The van der Waals surface area contributed by atoms with Crippen LogP contribution >= 0.6 is 0 Å². The Labute approximate surface area is 72.9 Å². The minimum Gasteiger partial charge on any atom is -0.331 e. The summed E-state index contributed by atoms with van der Waals surface area (Å²) in [6.07, 6.45) is 6.58. The Kier molecular flexibility index (Phi) is 1.75. The van der Waals surface area contributed by atoms with E-state index >= 15 is 0 Å². The van der Waals surface area contributed by atoms with Gasteiger partial charge in [0, 0.05) is 6.54 Å². The molecule has 0 N–H and O–H groups in total. The Bertz CT molecular complexity index is 295. The Morgan fingerprint density at radius 3 is 3.08 bits per heavy atom. The molecule has 1 aliphatic rings. The van der Waals surface area contributed by atoms with Gasteiger partial charge in [0.15, 0.2) is 0 Å². The Morgan fingerprint density at radius 2 is 2.50 bits per heavy atom. The highest BCUT2D eigenvalue weighted by molar-refractivity contribution is 5.45. The molecule has 2 nitrogen and oxygen atoms in total. The first-order valence-corrected chi connectivity index (χ1v) is 4.45. The third-order valence-electron chi connectivity index (χ3n) is 2.42. The molecule has 1 aromatic heterocycles. The van der Waals surface area contributed by atoms with Crippen LogP contribution in [0.1, 0.15) is 24.2 Å². The van der Waals surface area contributed by atoms with E-state index in [0.29, 0.717) is 0 Å². The average Bonchev–Trinajstić information content (AvgIpc) is 2.78. The van der Waals surface area contributed by atoms with E-state index < -0.39 is 0 Å². The second-order valence-electron chi connectivity index (χ2n) is 3.52. The molecule has 1 heterocycles. The maximum Gasteiger partial charge on any atom is 0.0954 e. The van der Waals surface area contributed by atoms with Gasteiger partial charge in [0.25, 0.3) is 0 Å². The Balaban J connectivity index is 2.22. The summed E-state index contributed by atoms with van der Waals surface area (Å²) in [5.74, 6) is 0.900. The fourth-order valence-electron chi connectivity index (χ4n) is 1.48. The molecule has 2 heteroatoms. The van der Waals surface area contributed by atoms with Crippen LogP contribution in [0.3, 0.4) is 0 Å². The molecule has 0 atom stereocenters. The van der Waals surface area contributed by atoms with Gasteiger partial charge in [0.1, 0.15) is 0 Å². The van der Waals surface area contributed by atoms with E-state index in [2.05, 4.69) is 16.1 Å². The van der Waals surface area contributed by atoms with Crippen molar-refractivity contribution in [1.82, 2.24) is 9.55 Å². The van der Waals surface area contributed by atoms with Crippen molar-refractivity contribution in [1.29, 1.82) is 0 Å². The van der Waals surface area contributed by atoms with E-state index in [9.17, 15) is 0 Å². The minimum absolute atomic E-state index is 0.900. The summed E-state index contributed by atoms with van der Waals surface area (Å²) < 4.78 is 2.21. The highest BCUT2D eigenvalue weighted by Gasteiger charge is 2.22.